The fourth-order valence-electron chi connectivity index (χ4n) is 3.30. The van der Waals surface area contributed by atoms with Crippen LogP contribution >= 0.6 is 11.8 Å². The van der Waals surface area contributed by atoms with Gasteiger partial charge in [0.05, 0.1) is 0 Å². The Labute approximate surface area is 111 Å². The van der Waals surface area contributed by atoms with Crippen molar-refractivity contribution in [1.82, 2.24) is 10.2 Å². The number of hydrogen-bond donors (Lipinski definition) is 1. The molecule has 0 spiro atoms. The lowest BCUT2D eigenvalue weighted by atomic mass is 9.89. The zero-order valence-electron chi connectivity index (χ0n) is 11.7. The van der Waals surface area contributed by atoms with Crippen molar-refractivity contribution in [3.8, 4) is 0 Å². The van der Waals surface area contributed by atoms with Crippen LogP contribution in [0.15, 0.2) is 0 Å². The highest BCUT2D eigenvalue weighted by atomic mass is 32.2. The molecule has 0 bridgehead atoms. The minimum absolute atomic E-state index is 0.352. The lowest BCUT2D eigenvalue weighted by molar-refractivity contribution is 0.0801. The maximum Gasteiger partial charge on any atom is 0.0278 e. The van der Waals surface area contributed by atoms with E-state index >= 15 is 0 Å². The monoisotopic (exact) mass is 256 g/mol. The zero-order chi connectivity index (χ0) is 12.3. The second-order valence-electron chi connectivity index (χ2n) is 5.99. The Balaban J connectivity index is 1.92. The smallest absolute Gasteiger partial charge is 0.0278 e. The number of piperazine rings is 1. The number of rotatable bonds is 3. The first-order valence-corrected chi connectivity index (χ1v) is 8.47. The van der Waals surface area contributed by atoms with Gasteiger partial charge in [-0.15, -0.1) is 0 Å². The van der Waals surface area contributed by atoms with Crippen LogP contribution in [0.5, 0.6) is 0 Å². The Morgan fingerprint density at radius 3 is 2.94 bits per heavy atom. The molecule has 0 aromatic heterocycles. The molecule has 2 aliphatic rings. The van der Waals surface area contributed by atoms with Gasteiger partial charge in [-0.3, -0.25) is 4.90 Å². The fraction of sp³-hybridized carbons (Fsp3) is 1.00. The quantitative estimate of drug-likeness (QED) is 0.836. The van der Waals surface area contributed by atoms with Crippen LogP contribution in [-0.2, 0) is 0 Å². The summed E-state index contributed by atoms with van der Waals surface area (Å²) in [5, 5.41) is 4.61. The molecule has 0 aromatic carbocycles. The van der Waals surface area contributed by atoms with Gasteiger partial charge in [0.15, 0.2) is 0 Å². The summed E-state index contributed by atoms with van der Waals surface area (Å²) in [7, 11) is 0. The Hall–Kier alpha value is 0.270. The number of nitrogens with zero attached hydrogens (tertiary/aromatic N) is 1. The predicted molar refractivity (Wildman–Crippen MR) is 77.8 cm³/mol. The van der Waals surface area contributed by atoms with Crippen LogP contribution in [0.25, 0.3) is 0 Å². The van der Waals surface area contributed by atoms with Crippen LogP contribution in [0.4, 0.5) is 0 Å². The van der Waals surface area contributed by atoms with E-state index in [2.05, 4.69) is 42.1 Å². The molecule has 1 aliphatic carbocycles. The topological polar surface area (TPSA) is 15.3 Å². The van der Waals surface area contributed by atoms with Gasteiger partial charge in [0.1, 0.15) is 0 Å². The Bertz CT molecular complexity index is 246. The third kappa shape index (κ3) is 3.39. The Kier molecular flexibility index (Phi) is 4.79. The molecule has 1 saturated carbocycles. The van der Waals surface area contributed by atoms with Crippen molar-refractivity contribution in [2.45, 2.75) is 62.8 Å². The maximum atomic E-state index is 3.69. The number of hydrogen-bond acceptors (Lipinski definition) is 3. The van der Waals surface area contributed by atoms with Crippen LogP contribution in [0, 0.1) is 0 Å². The van der Waals surface area contributed by atoms with E-state index in [0.29, 0.717) is 5.54 Å². The second kappa shape index (κ2) is 5.94. The second-order valence-corrected chi connectivity index (χ2v) is 7.13. The Morgan fingerprint density at radius 2 is 2.24 bits per heavy atom. The minimum atomic E-state index is 0.352. The molecular weight excluding hydrogens is 228 g/mol. The molecule has 0 amide bonds. The number of thioether (sulfide) groups is 1. The lowest BCUT2D eigenvalue weighted by Gasteiger charge is -2.46. The maximum absolute atomic E-state index is 3.69. The first-order chi connectivity index (χ1) is 8.17. The van der Waals surface area contributed by atoms with E-state index in [1.807, 2.05) is 0 Å². The predicted octanol–water partition coefficient (Wildman–Crippen LogP) is 2.73. The van der Waals surface area contributed by atoms with Gasteiger partial charge in [-0.05, 0) is 38.9 Å². The summed E-state index contributed by atoms with van der Waals surface area (Å²) < 4.78 is 0. The molecule has 17 heavy (non-hydrogen) atoms. The average molecular weight is 256 g/mol. The average Bonchev–Trinajstić information content (AvgIpc) is 2.39. The molecule has 3 unspecified atom stereocenters. The van der Waals surface area contributed by atoms with Crippen LogP contribution in [0.2, 0.25) is 0 Å². The summed E-state index contributed by atoms with van der Waals surface area (Å²) in [5.74, 6) is 0. The van der Waals surface area contributed by atoms with Crippen molar-refractivity contribution in [3.05, 3.63) is 0 Å². The molecule has 2 rings (SSSR count). The van der Waals surface area contributed by atoms with Gasteiger partial charge < -0.3 is 5.32 Å². The summed E-state index contributed by atoms with van der Waals surface area (Å²) in [6, 6.07) is 0.856. The zero-order valence-corrected chi connectivity index (χ0v) is 12.5. The highest BCUT2D eigenvalue weighted by molar-refractivity contribution is 7.99. The van der Waals surface area contributed by atoms with Crippen LogP contribution in [-0.4, -0.2) is 47.6 Å². The summed E-state index contributed by atoms with van der Waals surface area (Å²) >= 11 is 2.08. The molecule has 1 heterocycles. The first-order valence-electron chi connectivity index (χ1n) is 7.19. The summed E-state index contributed by atoms with van der Waals surface area (Å²) in [6.45, 7) is 8.36. The highest BCUT2D eigenvalue weighted by Gasteiger charge is 2.34. The van der Waals surface area contributed by atoms with Gasteiger partial charge in [0.2, 0.25) is 0 Å². The van der Waals surface area contributed by atoms with Gasteiger partial charge in [-0.25, -0.2) is 0 Å². The van der Waals surface area contributed by atoms with Crippen LogP contribution in [0.3, 0.4) is 0 Å². The van der Waals surface area contributed by atoms with Gasteiger partial charge >= 0.3 is 0 Å². The SMILES string of the molecule is CCC1(C)CN(C2CCCC(SC)C2)CCN1. The standard InChI is InChI=1S/C14H28N2S/c1-4-14(2)11-16(9-8-15-14)12-6-5-7-13(10-12)17-3/h12-13,15H,4-11H2,1-3H3. The summed E-state index contributed by atoms with van der Waals surface area (Å²) in [4.78, 5) is 2.77. The third-order valence-electron chi connectivity index (χ3n) is 4.73. The number of nitrogens with one attached hydrogen (secondary N) is 1. The van der Waals surface area contributed by atoms with Crippen molar-refractivity contribution in [2.24, 2.45) is 0 Å². The normalized spacial score (nSPS) is 40.4. The van der Waals surface area contributed by atoms with E-state index in [1.54, 1.807) is 0 Å². The molecule has 3 atom stereocenters. The molecule has 0 aromatic rings. The van der Waals surface area contributed by atoms with Gasteiger partial charge in [-0.2, -0.15) is 11.8 Å². The van der Waals surface area contributed by atoms with E-state index < -0.39 is 0 Å². The van der Waals surface area contributed by atoms with Gasteiger partial charge in [0, 0.05) is 36.5 Å². The van der Waals surface area contributed by atoms with Crippen molar-refractivity contribution in [3.63, 3.8) is 0 Å². The van der Waals surface area contributed by atoms with E-state index in [0.717, 1.165) is 11.3 Å². The third-order valence-corrected chi connectivity index (χ3v) is 5.83. The summed E-state index contributed by atoms with van der Waals surface area (Å²) in [6.07, 6.45) is 9.23. The fourth-order valence-corrected chi connectivity index (χ4v) is 4.12. The Morgan fingerprint density at radius 1 is 1.41 bits per heavy atom. The van der Waals surface area contributed by atoms with E-state index in [9.17, 15) is 0 Å². The van der Waals surface area contributed by atoms with Crippen molar-refractivity contribution in [1.29, 1.82) is 0 Å². The molecule has 3 heteroatoms. The van der Waals surface area contributed by atoms with Crippen molar-refractivity contribution >= 4 is 11.8 Å². The molecule has 0 radical (unpaired) electrons. The van der Waals surface area contributed by atoms with E-state index in [4.69, 9.17) is 0 Å². The minimum Gasteiger partial charge on any atom is -0.309 e. The molecule has 2 nitrogen and oxygen atoms in total. The molecule has 2 fully saturated rings. The molecule has 1 N–H and O–H groups in total. The molecule has 1 aliphatic heterocycles. The van der Waals surface area contributed by atoms with Crippen LogP contribution in [0.1, 0.15) is 46.0 Å². The molecule has 1 saturated heterocycles. The lowest BCUT2D eigenvalue weighted by Crippen LogP contribution is -2.61. The van der Waals surface area contributed by atoms with Crippen molar-refractivity contribution < 1.29 is 0 Å². The van der Waals surface area contributed by atoms with Gasteiger partial charge in [-0.1, -0.05) is 13.3 Å². The summed E-state index contributed by atoms with van der Waals surface area (Å²) in [5.41, 5.74) is 0.352. The van der Waals surface area contributed by atoms with E-state index in [1.165, 1.54) is 51.7 Å². The largest absolute Gasteiger partial charge is 0.309 e. The van der Waals surface area contributed by atoms with Gasteiger partial charge in [0.25, 0.3) is 0 Å². The first kappa shape index (κ1) is 13.7. The van der Waals surface area contributed by atoms with E-state index in [-0.39, 0.29) is 0 Å². The molecule has 100 valence electrons. The highest BCUT2D eigenvalue weighted by Crippen LogP contribution is 2.31. The van der Waals surface area contributed by atoms with Crippen molar-refractivity contribution in [2.75, 3.05) is 25.9 Å². The molecular formula is C14H28N2S. The van der Waals surface area contributed by atoms with Crippen LogP contribution < -0.4 is 5.32 Å².